The first-order valence-electron chi connectivity index (χ1n) is 28.7. The summed E-state index contributed by atoms with van der Waals surface area (Å²) in [6.45, 7) is 0. The fourth-order valence-electron chi connectivity index (χ4n) is 11.1. The monoisotopic (exact) mass is 947 g/mol. The first-order chi connectivity index (χ1) is 39.9. The van der Waals surface area contributed by atoms with E-state index in [9.17, 15) is 5.48 Å². The molecule has 0 bridgehead atoms. The van der Waals surface area contributed by atoms with Crippen LogP contribution in [0.5, 0.6) is 11.5 Å². The molecule has 0 spiro atoms. The maximum atomic E-state index is 9.41. The number of rotatable bonds is 8. The van der Waals surface area contributed by atoms with Crippen molar-refractivity contribution in [3.63, 3.8) is 0 Å². The Morgan fingerprint density at radius 2 is 1.07 bits per heavy atom. The Balaban J connectivity index is 1.09. The standard InChI is InChI=1S/C66H45N4OSi/c1-5-21-46(22-6-1)52-31-19-32-53(47-23-7-2-8-24-47)65(52)68-45-69-61-44-49(71-48-38-40-56-54-29-14-16-35-59(54)70(60(56)43-48)64-37-17-18-42-67-64)39-41-62(61)72(50-25-9-3-10-26-50,51-27-11-4-12-28-51)63-36-20-33-57(66(63)69)55-30-13-15-34-58(55)68/h1-45H/q+1/i1D,2D,5D,6D,7D,8D,21D,22D,23D,24D. The zero-order valence-electron chi connectivity index (χ0n) is 48.4. The SMILES string of the molecule is [2H]c1c([2H])c([2H])c(-c2cccc(-c3c([2H])c([2H])c([2H])c([2H])c3[2H])c2[N+]2=CN3c4cc(Oc5ccc6c7ccccc7n(-c7ccccn7)c6c5)ccc4[Si](c4ccccc4)(c4ccccc4)c4cccc(c43)-c3ccccc32)c([2H])c1[2H]. The van der Waals surface area contributed by atoms with Gasteiger partial charge in [-0.3, -0.25) is 4.57 Å². The summed E-state index contributed by atoms with van der Waals surface area (Å²) in [4.78, 5) is 6.89. The summed E-state index contributed by atoms with van der Waals surface area (Å²) in [6.07, 6.45) is 3.71. The first kappa shape index (κ1) is 32.4. The number of aromatic nitrogens is 2. The van der Waals surface area contributed by atoms with Crippen LogP contribution in [0, 0.1) is 0 Å². The lowest BCUT2D eigenvalue weighted by atomic mass is 9.94. The minimum absolute atomic E-state index is 0.128. The molecule has 0 N–H and O–H groups in total. The molecule has 0 unspecified atom stereocenters. The lowest BCUT2D eigenvalue weighted by Gasteiger charge is -2.41. The average Bonchev–Trinajstić information content (AvgIpc) is 1.33. The molecular weight excluding hydrogens is 893 g/mol. The van der Waals surface area contributed by atoms with Crippen LogP contribution in [0.3, 0.4) is 0 Å². The minimum Gasteiger partial charge on any atom is -0.457 e. The minimum atomic E-state index is -3.35. The van der Waals surface area contributed by atoms with Crippen molar-refractivity contribution in [2.24, 2.45) is 0 Å². The van der Waals surface area contributed by atoms with Gasteiger partial charge in [-0.15, -0.1) is 0 Å². The highest BCUT2D eigenvalue weighted by molar-refractivity contribution is 7.21. The summed E-state index contributed by atoms with van der Waals surface area (Å²) in [6, 6.07) is 61.6. The smallest absolute Gasteiger partial charge is 0.255 e. The summed E-state index contributed by atoms with van der Waals surface area (Å²) >= 11 is 0. The van der Waals surface area contributed by atoms with Gasteiger partial charge in [0.25, 0.3) is 6.34 Å². The van der Waals surface area contributed by atoms with Crippen LogP contribution in [-0.2, 0) is 0 Å². The maximum Gasteiger partial charge on any atom is 0.255 e. The Bertz CT molecular complexity index is 4510. The van der Waals surface area contributed by atoms with Crippen LogP contribution in [0.4, 0.5) is 22.7 Å². The van der Waals surface area contributed by atoms with Gasteiger partial charge < -0.3 is 4.74 Å². The second-order valence-electron chi connectivity index (χ2n) is 17.8. The van der Waals surface area contributed by atoms with Crippen LogP contribution in [0.15, 0.2) is 267 Å². The van der Waals surface area contributed by atoms with Crippen molar-refractivity contribution in [2.45, 2.75) is 0 Å². The molecule has 14 rings (SSSR count). The molecule has 338 valence electrons. The maximum absolute atomic E-state index is 9.41. The topological polar surface area (TPSA) is 33.3 Å². The normalized spacial score (nSPS) is 15.1. The second-order valence-corrected chi connectivity index (χ2v) is 21.5. The number of pyridine rings is 1. The number of para-hydroxylation sites is 4. The van der Waals surface area contributed by atoms with Gasteiger partial charge in [-0.25, -0.2) is 4.98 Å². The number of benzene rings is 10. The Kier molecular flexibility index (Phi) is 7.64. The summed E-state index contributed by atoms with van der Waals surface area (Å²) in [7, 11) is -3.35. The van der Waals surface area contributed by atoms with E-state index in [0.29, 0.717) is 17.2 Å². The van der Waals surface area contributed by atoms with Crippen LogP contribution >= 0.6 is 0 Å². The van der Waals surface area contributed by atoms with Crippen LogP contribution in [-0.4, -0.2) is 24.0 Å². The van der Waals surface area contributed by atoms with Gasteiger partial charge in [0.2, 0.25) is 0 Å². The third-order valence-electron chi connectivity index (χ3n) is 14.0. The summed E-state index contributed by atoms with van der Waals surface area (Å²) < 4.78 is 102. The third-order valence-corrected chi connectivity index (χ3v) is 18.8. The van der Waals surface area contributed by atoms with Crippen LogP contribution in [0.2, 0.25) is 0 Å². The molecule has 0 radical (unpaired) electrons. The fraction of sp³-hybridized carbons (Fsp3) is 0. The Morgan fingerprint density at radius 3 is 1.79 bits per heavy atom. The van der Waals surface area contributed by atoms with Gasteiger partial charge in [0, 0.05) is 61.7 Å². The molecule has 0 saturated carbocycles. The number of nitrogens with zero attached hydrogens (tertiary/aromatic N) is 4. The molecule has 2 aliphatic heterocycles. The van der Waals surface area contributed by atoms with Crippen LogP contribution < -0.4 is 35.0 Å². The van der Waals surface area contributed by atoms with Gasteiger partial charge in [-0.05, 0) is 76.1 Å². The van der Waals surface area contributed by atoms with Crippen LogP contribution in [0.25, 0.3) is 61.0 Å². The lowest BCUT2D eigenvalue weighted by molar-refractivity contribution is 0.483. The molecule has 72 heavy (non-hydrogen) atoms. The number of hydrogen-bond donors (Lipinski definition) is 0. The van der Waals surface area contributed by atoms with Crippen LogP contribution in [0.1, 0.15) is 13.7 Å². The van der Waals surface area contributed by atoms with Gasteiger partial charge in [0.05, 0.1) is 24.7 Å². The highest BCUT2D eigenvalue weighted by atomic mass is 28.3. The van der Waals surface area contributed by atoms with E-state index in [1.165, 1.54) is 0 Å². The highest BCUT2D eigenvalue weighted by Gasteiger charge is 2.53. The first-order valence-corrected chi connectivity index (χ1v) is 25.7. The third kappa shape index (κ3) is 6.47. The van der Waals surface area contributed by atoms with E-state index in [1.54, 1.807) is 24.4 Å². The van der Waals surface area contributed by atoms with Gasteiger partial charge in [-0.2, -0.15) is 9.48 Å². The molecular formula is C66H45N4OSi+. The number of hydrogen-bond acceptors (Lipinski definition) is 3. The largest absolute Gasteiger partial charge is 0.457 e. The zero-order valence-corrected chi connectivity index (χ0v) is 39.4. The summed E-state index contributed by atoms with van der Waals surface area (Å²) in [5, 5.41) is 6.50. The van der Waals surface area contributed by atoms with Crippen molar-refractivity contribution >= 4 is 79.7 Å². The van der Waals surface area contributed by atoms with Crippen molar-refractivity contribution in [3.05, 3.63) is 267 Å². The van der Waals surface area contributed by atoms with E-state index < -0.39 is 68.5 Å². The molecule has 2 aliphatic rings. The Labute approximate surface area is 433 Å². The number of fused-ring (bicyclic) bond motifs is 7. The molecule has 4 heterocycles. The predicted octanol–water partition coefficient (Wildman–Crippen LogP) is 13.7. The molecule has 0 aliphatic carbocycles. The van der Waals surface area contributed by atoms with Crippen molar-refractivity contribution in [2.75, 3.05) is 4.90 Å². The van der Waals surface area contributed by atoms with E-state index in [2.05, 4.69) is 107 Å². The van der Waals surface area contributed by atoms with E-state index in [4.69, 9.17) is 17.9 Å². The van der Waals surface area contributed by atoms with Gasteiger partial charge >= 0.3 is 0 Å². The van der Waals surface area contributed by atoms with Crippen molar-refractivity contribution in [1.82, 2.24) is 14.1 Å². The molecule has 12 aromatic rings. The highest BCUT2D eigenvalue weighted by Crippen LogP contribution is 2.48. The van der Waals surface area contributed by atoms with Gasteiger partial charge in [0.1, 0.15) is 40.1 Å². The second kappa shape index (κ2) is 16.9. The molecule has 0 atom stereocenters. The van der Waals surface area contributed by atoms with E-state index in [0.717, 1.165) is 70.9 Å². The molecule has 2 aromatic heterocycles. The molecule has 10 aromatic carbocycles. The van der Waals surface area contributed by atoms with Crippen molar-refractivity contribution in [1.29, 1.82) is 0 Å². The van der Waals surface area contributed by atoms with Gasteiger partial charge in [-0.1, -0.05) is 194 Å². The molecule has 0 saturated heterocycles. The fourth-order valence-corrected chi connectivity index (χ4v) is 16.2. The quantitative estimate of drug-likeness (QED) is 0.112. The number of ether oxygens (including phenoxy) is 1. The summed E-state index contributed by atoms with van der Waals surface area (Å²) in [5.74, 6) is 1.88. The zero-order chi connectivity index (χ0) is 56.3. The van der Waals surface area contributed by atoms with E-state index >= 15 is 0 Å². The summed E-state index contributed by atoms with van der Waals surface area (Å²) in [5.41, 5.74) is 6.10. The molecule has 6 heteroatoms. The predicted molar refractivity (Wildman–Crippen MR) is 301 cm³/mol. The Hall–Kier alpha value is -9.36. The number of anilines is 2. The lowest BCUT2D eigenvalue weighted by Crippen LogP contribution is -2.77. The van der Waals surface area contributed by atoms with E-state index in [1.807, 2.05) is 95.8 Å². The average molecular weight is 948 g/mol. The van der Waals surface area contributed by atoms with Gasteiger partial charge in [0.15, 0.2) is 8.07 Å². The van der Waals surface area contributed by atoms with E-state index in [-0.39, 0.29) is 27.9 Å². The Morgan fingerprint density at radius 1 is 0.472 bits per heavy atom. The van der Waals surface area contributed by atoms with Crippen molar-refractivity contribution < 1.29 is 18.4 Å². The molecule has 5 nitrogen and oxygen atoms in total. The van der Waals surface area contributed by atoms with Crippen molar-refractivity contribution in [3.8, 4) is 50.7 Å². The molecule has 0 fully saturated rings. The molecule has 0 amide bonds.